The van der Waals surface area contributed by atoms with Crippen molar-refractivity contribution in [3.05, 3.63) is 42.7 Å². The molecule has 0 bridgehead atoms. The van der Waals surface area contributed by atoms with Crippen LogP contribution >= 0.6 is 0 Å². The molecule has 0 spiro atoms. The first kappa shape index (κ1) is 22.9. The van der Waals surface area contributed by atoms with Crippen molar-refractivity contribution in [1.82, 2.24) is 9.97 Å². The number of H-pyrrole nitrogens is 1. The summed E-state index contributed by atoms with van der Waals surface area (Å²) >= 11 is 0. The van der Waals surface area contributed by atoms with Crippen molar-refractivity contribution in [2.24, 2.45) is 0 Å². The maximum absolute atomic E-state index is 10.0. The van der Waals surface area contributed by atoms with Crippen LogP contribution in [-0.2, 0) is 0 Å². The van der Waals surface area contributed by atoms with Crippen LogP contribution in [0, 0.1) is 0 Å². The number of nitrogens with zero attached hydrogens (tertiary/aromatic N) is 1. The number of phenolic OH excluding ortho intramolecular Hbond substituents is 1. The Balaban J connectivity index is 0.00000169. The summed E-state index contributed by atoms with van der Waals surface area (Å²) in [5.41, 5.74) is 3.15. The first-order valence-electron chi connectivity index (χ1n) is 7.30. The van der Waals surface area contributed by atoms with Gasteiger partial charge in [0.25, 0.3) is 0 Å². The zero-order valence-corrected chi connectivity index (χ0v) is 13.7. The Bertz CT molecular complexity index is 846. The quantitative estimate of drug-likeness (QED) is 0.670. The normalized spacial score (nSPS) is 9.65. The van der Waals surface area contributed by atoms with Gasteiger partial charge in [0.05, 0.1) is 39.0 Å². The first-order valence-corrected chi connectivity index (χ1v) is 7.30. The van der Waals surface area contributed by atoms with Gasteiger partial charge in [-0.2, -0.15) is 0 Å². The molecular weight excluding hydrogens is 354 g/mol. The standard InChI is InChI=1S/C18H18N2O4.2Na.2H/c1-22-13-6-12(7-14(9-13)23-2)18-17(19-10-20-18)11-4-5-16(24-3)15(21)8-11;;;;/h4-10,21H,1-3H3,(H,19,20);;;;. The molecule has 0 fully saturated rings. The van der Waals surface area contributed by atoms with Crippen molar-refractivity contribution in [2.75, 3.05) is 21.3 Å². The predicted octanol–water partition coefficient (Wildman–Crippen LogP) is 2.18. The molecular formula is C18H20N2Na2O4. The summed E-state index contributed by atoms with van der Waals surface area (Å²) in [5, 5.41) is 10.0. The number of benzene rings is 2. The number of hydrogen-bond acceptors (Lipinski definition) is 5. The number of aromatic amines is 1. The van der Waals surface area contributed by atoms with Crippen molar-refractivity contribution < 1.29 is 19.3 Å². The molecule has 1 heterocycles. The molecule has 0 saturated heterocycles. The van der Waals surface area contributed by atoms with E-state index < -0.39 is 0 Å². The van der Waals surface area contributed by atoms with Gasteiger partial charge >= 0.3 is 59.1 Å². The van der Waals surface area contributed by atoms with Crippen LogP contribution in [0.1, 0.15) is 0 Å². The monoisotopic (exact) mass is 374 g/mol. The molecule has 0 radical (unpaired) electrons. The summed E-state index contributed by atoms with van der Waals surface area (Å²) in [6.45, 7) is 0. The van der Waals surface area contributed by atoms with Crippen molar-refractivity contribution in [3.63, 3.8) is 0 Å². The molecule has 0 aliphatic rings. The number of aromatic hydroxyl groups is 1. The van der Waals surface area contributed by atoms with Crippen molar-refractivity contribution in [1.29, 1.82) is 0 Å². The summed E-state index contributed by atoms with van der Waals surface area (Å²) < 4.78 is 15.7. The predicted molar refractivity (Wildman–Crippen MR) is 105 cm³/mol. The Morgan fingerprint density at radius 1 is 0.846 bits per heavy atom. The molecule has 6 nitrogen and oxygen atoms in total. The second-order valence-electron chi connectivity index (χ2n) is 5.11. The van der Waals surface area contributed by atoms with Gasteiger partial charge in [-0.1, -0.05) is 0 Å². The third-order valence-corrected chi connectivity index (χ3v) is 3.73. The van der Waals surface area contributed by atoms with Crippen molar-refractivity contribution >= 4 is 59.1 Å². The fraction of sp³-hybridized carbons (Fsp3) is 0.167. The van der Waals surface area contributed by atoms with E-state index in [1.165, 1.54) is 7.11 Å². The van der Waals surface area contributed by atoms with Gasteiger partial charge in [-0.3, -0.25) is 0 Å². The molecule has 0 amide bonds. The third-order valence-electron chi connectivity index (χ3n) is 3.73. The van der Waals surface area contributed by atoms with Crippen LogP contribution in [-0.4, -0.2) is 95.5 Å². The number of methoxy groups -OCH3 is 3. The van der Waals surface area contributed by atoms with Crippen molar-refractivity contribution in [3.8, 4) is 45.5 Å². The Kier molecular flexibility index (Phi) is 9.03. The van der Waals surface area contributed by atoms with Gasteiger partial charge in [-0.15, -0.1) is 0 Å². The van der Waals surface area contributed by atoms with Gasteiger partial charge in [0.1, 0.15) is 11.5 Å². The van der Waals surface area contributed by atoms with Gasteiger partial charge < -0.3 is 24.3 Å². The van der Waals surface area contributed by atoms with Crippen LogP contribution < -0.4 is 14.2 Å². The Morgan fingerprint density at radius 2 is 1.50 bits per heavy atom. The molecule has 0 atom stereocenters. The fourth-order valence-electron chi connectivity index (χ4n) is 2.52. The van der Waals surface area contributed by atoms with Crippen LogP contribution in [0.15, 0.2) is 42.7 Å². The minimum atomic E-state index is 0. The van der Waals surface area contributed by atoms with Crippen LogP contribution in [0.2, 0.25) is 0 Å². The summed E-state index contributed by atoms with van der Waals surface area (Å²) in [6, 6.07) is 10.8. The number of phenols is 1. The van der Waals surface area contributed by atoms with Gasteiger partial charge in [0.15, 0.2) is 11.5 Å². The molecule has 0 aliphatic carbocycles. The average Bonchev–Trinajstić information content (AvgIpc) is 3.10. The topological polar surface area (TPSA) is 76.6 Å². The number of nitrogens with one attached hydrogen (secondary N) is 1. The number of hydrogen-bond donors (Lipinski definition) is 2. The van der Waals surface area contributed by atoms with Gasteiger partial charge in [0, 0.05) is 17.2 Å². The van der Waals surface area contributed by atoms with Crippen molar-refractivity contribution in [2.45, 2.75) is 0 Å². The van der Waals surface area contributed by atoms with E-state index in [-0.39, 0.29) is 64.9 Å². The SMILES string of the molecule is COc1cc(OC)cc(-c2nc[nH]c2-c2ccc(OC)c(O)c2)c1.[NaH].[NaH]. The third kappa shape index (κ3) is 4.76. The average molecular weight is 374 g/mol. The molecule has 0 aliphatic heterocycles. The Morgan fingerprint density at radius 3 is 2.04 bits per heavy atom. The summed E-state index contributed by atoms with van der Waals surface area (Å²) in [4.78, 5) is 7.52. The molecule has 2 aromatic carbocycles. The van der Waals surface area contributed by atoms with Crippen LogP contribution in [0.5, 0.6) is 23.0 Å². The van der Waals surface area contributed by atoms with E-state index in [9.17, 15) is 5.11 Å². The number of aromatic nitrogens is 2. The second kappa shape index (κ2) is 10.3. The van der Waals surface area contributed by atoms with E-state index in [4.69, 9.17) is 14.2 Å². The molecule has 0 saturated carbocycles. The zero-order chi connectivity index (χ0) is 17.1. The van der Waals surface area contributed by atoms with Gasteiger partial charge in [0.2, 0.25) is 0 Å². The van der Waals surface area contributed by atoms with Gasteiger partial charge in [-0.05, 0) is 30.3 Å². The van der Waals surface area contributed by atoms with Crippen LogP contribution in [0.4, 0.5) is 0 Å². The maximum atomic E-state index is 10.0. The van der Waals surface area contributed by atoms with E-state index in [0.717, 1.165) is 22.5 Å². The summed E-state index contributed by atoms with van der Waals surface area (Å²) in [5.74, 6) is 1.84. The second-order valence-corrected chi connectivity index (χ2v) is 5.11. The summed E-state index contributed by atoms with van der Waals surface area (Å²) in [6.07, 6.45) is 1.61. The molecule has 128 valence electrons. The first-order chi connectivity index (χ1) is 11.7. The Labute approximate surface area is 196 Å². The van der Waals surface area contributed by atoms with E-state index in [2.05, 4.69) is 9.97 Å². The van der Waals surface area contributed by atoms with Crippen LogP contribution in [0.25, 0.3) is 22.5 Å². The van der Waals surface area contributed by atoms with E-state index in [1.807, 2.05) is 18.2 Å². The Hall–Kier alpha value is -1.15. The van der Waals surface area contributed by atoms with E-state index >= 15 is 0 Å². The number of ether oxygens (including phenoxy) is 3. The molecule has 26 heavy (non-hydrogen) atoms. The van der Waals surface area contributed by atoms with Crippen LogP contribution in [0.3, 0.4) is 0 Å². The summed E-state index contributed by atoms with van der Waals surface area (Å²) in [7, 11) is 4.72. The zero-order valence-electron chi connectivity index (χ0n) is 13.7. The molecule has 0 unspecified atom stereocenters. The van der Waals surface area contributed by atoms with E-state index in [0.29, 0.717) is 17.2 Å². The van der Waals surface area contributed by atoms with Gasteiger partial charge in [-0.25, -0.2) is 4.98 Å². The molecule has 2 N–H and O–H groups in total. The van der Waals surface area contributed by atoms with E-state index in [1.54, 1.807) is 38.7 Å². The molecule has 8 heteroatoms. The number of rotatable bonds is 5. The molecule has 1 aromatic heterocycles. The number of imidazole rings is 1. The fourth-order valence-corrected chi connectivity index (χ4v) is 2.52. The molecule has 3 rings (SSSR count). The minimum absolute atomic E-state index is 0. The molecule has 3 aromatic rings.